The average Bonchev–Trinajstić information content (AvgIpc) is 2.87. The van der Waals surface area contributed by atoms with Gasteiger partial charge in [0.25, 0.3) is 5.91 Å². The van der Waals surface area contributed by atoms with E-state index >= 15 is 0 Å². The first-order valence-corrected chi connectivity index (χ1v) is 6.64. The summed E-state index contributed by atoms with van der Waals surface area (Å²) in [6.45, 7) is 4.25. The molecule has 0 aromatic carbocycles. The van der Waals surface area contributed by atoms with E-state index in [0.29, 0.717) is 17.9 Å². The molecule has 0 atom stereocenters. The Labute approximate surface area is 121 Å². The summed E-state index contributed by atoms with van der Waals surface area (Å²) < 4.78 is 1.73. The molecule has 0 unspecified atom stereocenters. The molecule has 3 aromatic rings. The molecule has 21 heavy (non-hydrogen) atoms. The Balaban J connectivity index is 1.81. The van der Waals surface area contributed by atoms with Crippen molar-refractivity contribution >= 4 is 11.6 Å². The standard InChI is InChI=1S/C15H15N5O/c1-10-7-14-18-13(8-11(2)20(14)19-10)15(21)17-9-12-3-5-16-6-4-12/h3-8H,9H2,1-2H3,(H,17,21). The van der Waals surface area contributed by atoms with E-state index in [9.17, 15) is 4.79 Å². The molecule has 0 fully saturated rings. The molecule has 3 rings (SSSR count). The van der Waals surface area contributed by atoms with E-state index in [4.69, 9.17) is 0 Å². The fourth-order valence-electron chi connectivity index (χ4n) is 2.13. The Hall–Kier alpha value is -2.76. The van der Waals surface area contributed by atoms with Crippen LogP contribution in [0, 0.1) is 13.8 Å². The molecule has 0 aliphatic rings. The summed E-state index contributed by atoms with van der Waals surface area (Å²) in [5, 5.41) is 7.18. The molecular formula is C15H15N5O. The van der Waals surface area contributed by atoms with Gasteiger partial charge in [-0.05, 0) is 37.6 Å². The average molecular weight is 281 g/mol. The second-order valence-corrected chi connectivity index (χ2v) is 4.88. The summed E-state index contributed by atoms with van der Waals surface area (Å²) in [6, 6.07) is 7.32. The summed E-state index contributed by atoms with van der Waals surface area (Å²) in [5.74, 6) is -0.198. The van der Waals surface area contributed by atoms with Crippen molar-refractivity contribution in [3.63, 3.8) is 0 Å². The van der Waals surface area contributed by atoms with E-state index in [2.05, 4.69) is 20.4 Å². The van der Waals surface area contributed by atoms with Crippen molar-refractivity contribution in [1.82, 2.24) is 24.9 Å². The molecule has 1 N–H and O–H groups in total. The third-order valence-electron chi connectivity index (χ3n) is 3.16. The second-order valence-electron chi connectivity index (χ2n) is 4.88. The van der Waals surface area contributed by atoms with Gasteiger partial charge in [0.2, 0.25) is 0 Å². The fourth-order valence-corrected chi connectivity index (χ4v) is 2.13. The number of amides is 1. The monoisotopic (exact) mass is 281 g/mol. The van der Waals surface area contributed by atoms with Crippen LogP contribution in [0.15, 0.2) is 36.7 Å². The predicted octanol–water partition coefficient (Wildman–Crippen LogP) is 1.67. The van der Waals surface area contributed by atoms with Gasteiger partial charge in [-0.1, -0.05) is 0 Å². The van der Waals surface area contributed by atoms with Crippen LogP contribution in [0.3, 0.4) is 0 Å². The van der Waals surface area contributed by atoms with Gasteiger partial charge in [0.15, 0.2) is 5.65 Å². The van der Waals surface area contributed by atoms with Crippen LogP contribution >= 0.6 is 0 Å². The highest BCUT2D eigenvalue weighted by atomic mass is 16.1. The Morgan fingerprint density at radius 2 is 2.00 bits per heavy atom. The zero-order chi connectivity index (χ0) is 14.8. The van der Waals surface area contributed by atoms with Gasteiger partial charge in [0.05, 0.1) is 5.69 Å². The van der Waals surface area contributed by atoms with Crippen molar-refractivity contribution < 1.29 is 4.79 Å². The molecule has 0 radical (unpaired) electrons. The molecular weight excluding hydrogens is 266 g/mol. The zero-order valence-corrected chi connectivity index (χ0v) is 11.9. The molecule has 0 aliphatic heterocycles. The maximum Gasteiger partial charge on any atom is 0.270 e. The summed E-state index contributed by atoms with van der Waals surface area (Å²) >= 11 is 0. The van der Waals surface area contributed by atoms with Crippen LogP contribution in [0.4, 0.5) is 0 Å². The van der Waals surface area contributed by atoms with Crippen molar-refractivity contribution in [2.45, 2.75) is 20.4 Å². The molecule has 6 heteroatoms. The van der Waals surface area contributed by atoms with Gasteiger partial charge in [-0.2, -0.15) is 5.10 Å². The van der Waals surface area contributed by atoms with Crippen molar-refractivity contribution in [3.8, 4) is 0 Å². The molecule has 1 amide bonds. The highest BCUT2D eigenvalue weighted by Crippen LogP contribution is 2.09. The summed E-state index contributed by atoms with van der Waals surface area (Å²) in [6.07, 6.45) is 3.40. The first-order chi connectivity index (χ1) is 10.1. The van der Waals surface area contributed by atoms with Crippen LogP contribution in [0.25, 0.3) is 5.65 Å². The topological polar surface area (TPSA) is 72.2 Å². The van der Waals surface area contributed by atoms with E-state index in [-0.39, 0.29) is 5.91 Å². The van der Waals surface area contributed by atoms with E-state index in [1.54, 1.807) is 23.0 Å². The quantitative estimate of drug-likeness (QED) is 0.792. The Bertz CT molecular complexity index is 794. The molecule has 0 spiro atoms. The molecule has 6 nitrogen and oxygen atoms in total. The van der Waals surface area contributed by atoms with E-state index < -0.39 is 0 Å². The van der Waals surface area contributed by atoms with Gasteiger partial charge in [0.1, 0.15) is 5.69 Å². The molecule has 3 aromatic heterocycles. The van der Waals surface area contributed by atoms with Crippen LogP contribution in [-0.4, -0.2) is 25.5 Å². The van der Waals surface area contributed by atoms with E-state index in [1.165, 1.54) is 0 Å². The minimum atomic E-state index is -0.198. The largest absolute Gasteiger partial charge is 0.347 e. The fraction of sp³-hybridized carbons (Fsp3) is 0.200. The number of carbonyl (C=O) groups is 1. The second kappa shape index (κ2) is 5.32. The van der Waals surface area contributed by atoms with Crippen LogP contribution in [0.5, 0.6) is 0 Å². The lowest BCUT2D eigenvalue weighted by atomic mass is 10.2. The predicted molar refractivity (Wildman–Crippen MR) is 77.9 cm³/mol. The highest BCUT2D eigenvalue weighted by molar-refractivity contribution is 5.92. The maximum absolute atomic E-state index is 12.2. The molecule has 106 valence electrons. The van der Waals surface area contributed by atoms with Crippen LogP contribution in [0.2, 0.25) is 0 Å². The molecule has 3 heterocycles. The third-order valence-corrected chi connectivity index (χ3v) is 3.16. The van der Waals surface area contributed by atoms with Gasteiger partial charge < -0.3 is 5.32 Å². The number of carbonyl (C=O) groups excluding carboxylic acids is 1. The molecule has 0 saturated heterocycles. The number of hydrogen-bond donors (Lipinski definition) is 1. The van der Waals surface area contributed by atoms with Gasteiger partial charge in [0, 0.05) is 30.7 Å². The maximum atomic E-state index is 12.2. The van der Waals surface area contributed by atoms with Gasteiger partial charge >= 0.3 is 0 Å². The summed E-state index contributed by atoms with van der Waals surface area (Å²) in [5.41, 5.74) is 3.83. The first kappa shape index (κ1) is 13.2. The lowest BCUT2D eigenvalue weighted by Crippen LogP contribution is -2.24. The molecule has 0 aliphatic carbocycles. The van der Waals surface area contributed by atoms with Gasteiger partial charge in [-0.3, -0.25) is 9.78 Å². The van der Waals surface area contributed by atoms with Crippen LogP contribution in [-0.2, 0) is 6.54 Å². The van der Waals surface area contributed by atoms with Crippen LogP contribution in [0.1, 0.15) is 27.4 Å². The number of aryl methyl sites for hydroxylation is 2. The van der Waals surface area contributed by atoms with Crippen molar-refractivity contribution in [3.05, 3.63) is 59.3 Å². The number of nitrogens with zero attached hydrogens (tertiary/aromatic N) is 4. The summed E-state index contributed by atoms with van der Waals surface area (Å²) in [4.78, 5) is 20.5. The number of rotatable bonds is 3. The van der Waals surface area contributed by atoms with Crippen LogP contribution < -0.4 is 5.32 Å². The number of nitrogens with one attached hydrogen (secondary N) is 1. The number of aromatic nitrogens is 4. The number of pyridine rings is 1. The Morgan fingerprint density at radius 3 is 2.76 bits per heavy atom. The third kappa shape index (κ3) is 2.74. The normalized spacial score (nSPS) is 10.8. The molecule has 0 bridgehead atoms. The van der Waals surface area contributed by atoms with Gasteiger partial charge in [-0.15, -0.1) is 0 Å². The summed E-state index contributed by atoms with van der Waals surface area (Å²) in [7, 11) is 0. The zero-order valence-electron chi connectivity index (χ0n) is 11.9. The van der Waals surface area contributed by atoms with E-state index in [0.717, 1.165) is 17.0 Å². The minimum absolute atomic E-state index is 0.198. The lowest BCUT2D eigenvalue weighted by molar-refractivity contribution is 0.0946. The van der Waals surface area contributed by atoms with E-state index in [1.807, 2.05) is 32.0 Å². The lowest BCUT2D eigenvalue weighted by Gasteiger charge is -2.06. The Morgan fingerprint density at radius 1 is 1.24 bits per heavy atom. The van der Waals surface area contributed by atoms with Crippen molar-refractivity contribution in [2.75, 3.05) is 0 Å². The first-order valence-electron chi connectivity index (χ1n) is 6.64. The Kier molecular flexibility index (Phi) is 3.35. The van der Waals surface area contributed by atoms with Gasteiger partial charge in [-0.25, -0.2) is 9.50 Å². The SMILES string of the molecule is Cc1cc2nc(C(=O)NCc3ccncc3)cc(C)n2n1. The minimum Gasteiger partial charge on any atom is -0.347 e. The number of fused-ring (bicyclic) bond motifs is 1. The van der Waals surface area contributed by atoms with Crippen molar-refractivity contribution in [2.24, 2.45) is 0 Å². The molecule has 0 saturated carbocycles. The highest BCUT2D eigenvalue weighted by Gasteiger charge is 2.11. The smallest absolute Gasteiger partial charge is 0.270 e. The number of hydrogen-bond acceptors (Lipinski definition) is 4. The van der Waals surface area contributed by atoms with Crippen molar-refractivity contribution in [1.29, 1.82) is 0 Å².